The van der Waals surface area contributed by atoms with Gasteiger partial charge in [0.25, 0.3) is 0 Å². The Bertz CT molecular complexity index is 213. The van der Waals surface area contributed by atoms with Crippen LogP contribution in [0.4, 0.5) is 0 Å². The van der Waals surface area contributed by atoms with Crippen LogP contribution in [-0.4, -0.2) is 22.8 Å². The molecule has 0 aliphatic rings. The van der Waals surface area contributed by atoms with E-state index in [9.17, 15) is 4.79 Å². The lowest BCUT2D eigenvalue weighted by atomic mass is 10.1. The smallest absolute Gasteiger partial charge is 0.155 e. The second kappa shape index (κ2) is 7.94. The van der Waals surface area contributed by atoms with E-state index < -0.39 is 0 Å². The topological polar surface area (TPSA) is 20.3 Å². The first kappa shape index (κ1) is 13.6. The first-order valence-corrected chi connectivity index (χ1v) is 5.53. The number of carbonyl (C=O) groups excluding carboxylic acids is 1. The molecule has 0 fully saturated rings. The fraction of sp³-hybridized carbons (Fsp3) is 0.545. The van der Waals surface area contributed by atoms with Crippen LogP contribution in [-0.2, 0) is 4.79 Å². The Hall–Kier alpha value is -0.410. The molecule has 0 saturated carbocycles. The van der Waals surface area contributed by atoms with Gasteiger partial charge < -0.3 is 0 Å². The van der Waals surface area contributed by atoms with Crippen LogP contribution in [0, 0.1) is 0 Å². The van der Waals surface area contributed by atoms with Gasteiger partial charge in [-0.05, 0) is 18.9 Å². The molecule has 2 nitrogen and oxygen atoms in total. The Labute approximate surface area is 95.0 Å². The van der Waals surface area contributed by atoms with Crippen molar-refractivity contribution in [2.24, 2.45) is 0 Å². The van der Waals surface area contributed by atoms with Gasteiger partial charge in [-0.3, -0.25) is 4.79 Å². The Morgan fingerprint density at radius 2 is 2.07 bits per heavy atom. The molecule has 0 amide bonds. The minimum Gasteiger partial charge on any atom is -0.295 e. The molecule has 0 atom stereocenters. The van der Waals surface area contributed by atoms with E-state index in [4.69, 9.17) is 0 Å². The van der Waals surface area contributed by atoms with Crippen LogP contribution in [0.15, 0.2) is 24.8 Å². The largest absolute Gasteiger partial charge is 0.295 e. The molecule has 0 aliphatic carbocycles. The van der Waals surface area contributed by atoms with Crippen molar-refractivity contribution in [1.82, 2.24) is 3.93 Å². The highest BCUT2D eigenvalue weighted by Crippen LogP contribution is 2.10. The summed E-state index contributed by atoms with van der Waals surface area (Å²) in [5.41, 5.74) is 1.12. The summed E-state index contributed by atoms with van der Waals surface area (Å²) < 4.78 is 2.05. The molecule has 0 bridgehead atoms. The highest BCUT2D eigenvalue weighted by Gasteiger charge is 2.01. The lowest BCUT2D eigenvalue weighted by Crippen LogP contribution is -2.12. The van der Waals surface area contributed by atoms with Gasteiger partial charge in [0.15, 0.2) is 5.78 Å². The summed E-state index contributed by atoms with van der Waals surface area (Å²) in [7, 11) is 0. The highest BCUT2D eigenvalue weighted by atomic mass is 79.9. The van der Waals surface area contributed by atoms with Gasteiger partial charge in [-0.2, -0.15) is 0 Å². The summed E-state index contributed by atoms with van der Waals surface area (Å²) in [6.45, 7) is 11.4. The van der Waals surface area contributed by atoms with Crippen molar-refractivity contribution in [2.45, 2.75) is 26.2 Å². The zero-order valence-electron chi connectivity index (χ0n) is 8.76. The van der Waals surface area contributed by atoms with Gasteiger partial charge >= 0.3 is 0 Å². The van der Waals surface area contributed by atoms with Crippen molar-refractivity contribution in [3.8, 4) is 0 Å². The van der Waals surface area contributed by atoms with E-state index in [0.29, 0.717) is 6.42 Å². The Balaban J connectivity index is 3.56. The molecule has 0 N–H and O–H groups in total. The lowest BCUT2D eigenvalue weighted by molar-refractivity contribution is -0.114. The molecule has 0 aliphatic heterocycles. The molecule has 0 aromatic heterocycles. The predicted molar refractivity (Wildman–Crippen MR) is 64.4 cm³/mol. The zero-order chi connectivity index (χ0) is 11.0. The number of hydrogen-bond acceptors (Lipinski definition) is 2. The maximum Gasteiger partial charge on any atom is 0.155 e. The summed E-state index contributed by atoms with van der Waals surface area (Å²) in [5.74, 6) is 0.0948. The number of ketones is 1. The molecule has 0 spiro atoms. The standard InChI is InChI=1S/C11H18BrNO/c1-4-11(14)7-6-10(3)8-9-13(12)5-2/h4H,1,3,5-9H2,2H3. The molecule has 14 heavy (non-hydrogen) atoms. The average molecular weight is 260 g/mol. The molecule has 3 heteroatoms. The van der Waals surface area contributed by atoms with Gasteiger partial charge in [-0.1, -0.05) is 25.7 Å². The van der Waals surface area contributed by atoms with Crippen LogP contribution in [0.1, 0.15) is 26.2 Å². The third-order valence-corrected chi connectivity index (χ3v) is 2.86. The summed E-state index contributed by atoms with van der Waals surface area (Å²) >= 11 is 3.41. The number of nitrogens with zero attached hydrogens (tertiary/aromatic N) is 1. The maximum atomic E-state index is 10.9. The lowest BCUT2D eigenvalue weighted by Gasteiger charge is -2.11. The van der Waals surface area contributed by atoms with Crippen molar-refractivity contribution in [2.75, 3.05) is 13.1 Å². The molecule has 0 saturated heterocycles. The van der Waals surface area contributed by atoms with Gasteiger partial charge in [0, 0.05) is 35.7 Å². The van der Waals surface area contributed by atoms with E-state index in [1.165, 1.54) is 6.08 Å². The third-order valence-electron chi connectivity index (χ3n) is 2.00. The minimum atomic E-state index is 0.0948. The third kappa shape index (κ3) is 7.04. The van der Waals surface area contributed by atoms with Crippen LogP contribution in [0.5, 0.6) is 0 Å². The summed E-state index contributed by atoms with van der Waals surface area (Å²) in [5, 5.41) is 0. The van der Waals surface area contributed by atoms with Crippen molar-refractivity contribution >= 4 is 21.9 Å². The first-order valence-electron chi connectivity index (χ1n) is 4.82. The van der Waals surface area contributed by atoms with Crippen LogP contribution >= 0.6 is 16.1 Å². The van der Waals surface area contributed by atoms with Crippen molar-refractivity contribution < 1.29 is 4.79 Å². The number of allylic oxidation sites excluding steroid dienone is 1. The molecule has 0 rings (SSSR count). The molecule has 0 unspecified atom stereocenters. The van der Waals surface area contributed by atoms with Gasteiger partial charge in [-0.15, -0.1) is 0 Å². The second-order valence-corrected chi connectivity index (χ2v) is 4.18. The summed E-state index contributed by atoms with van der Waals surface area (Å²) in [6, 6.07) is 0. The fourth-order valence-electron chi connectivity index (χ4n) is 0.965. The van der Waals surface area contributed by atoms with Gasteiger partial charge in [0.1, 0.15) is 0 Å². The molecule has 0 heterocycles. The normalized spacial score (nSPS) is 10.2. The van der Waals surface area contributed by atoms with Crippen LogP contribution in [0.25, 0.3) is 0 Å². The highest BCUT2D eigenvalue weighted by molar-refractivity contribution is 9.07. The van der Waals surface area contributed by atoms with Crippen LogP contribution < -0.4 is 0 Å². The second-order valence-electron chi connectivity index (χ2n) is 3.17. The molecule has 80 valence electrons. The predicted octanol–water partition coefficient (Wildman–Crippen LogP) is 3.10. The van der Waals surface area contributed by atoms with E-state index in [-0.39, 0.29) is 5.78 Å². The first-order chi connectivity index (χ1) is 6.60. The van der Waals surface area contributed by atoms with Crippen LogP contribution in [0.2, 0.25) is 0 Å². The fourth-order valence-corrected chi connectivity index (χ4v) is 1.14. The number of halogens is 1. The van der Waals surface area contributed by atoms with Gasteiger partial charge in [-0.25, -0.2) is 3.93 Å². The Morgan fingerprint density at radius 3 is 2.57 bits per heavy atom. The van der Waals surface area contributed by atoms with Crippen LogP contribution in [0.3, 0.4) is 0 Å². The molecular weight excluding hydrogens is 242 g/mol. The molecular formula is C11H18BrNO. The Kier molecular flexibility index (Phi) is 7.71. The maximum absolute atomic E-state index is 10.9. The van der Waals surface area contributed by atoms with E-state index in [2.05, 4.69) is 36.2 Å². The van der Waals surface area contributed by atoms with Crippen molar-refractivity contribution in [1.29, 1.82) is 0 Å². The summed E-state index contributed by atoms with van der Waals surface area (Å²) in [6.07, 6.45) is 3.62. The number of rotatable bonds is 8. The zero-order valence-corrected chi connectivity index (χ0v) is 10.3. The van der Waals surface area contributed by atoms with Gasteiger partial charge in [0.05, 0.1) is 0 Å². The average Bonchev–Trinajstić information content (AvgIpc) is 2.22. The monoisotopic (exact) mass is 259 g/mol. The van der Waals surface area contributed by atoms with Gasteiger partial charge in [0.2, 0.25) is 0 Å². The quantitative estimate of drug-likeness (QED) is 0.379. The van der Waals surface area contributed by atoms with E-state index >= 15 is 0 Å². The van der Waals surface area contributed by atoms with Crippen molar-refractivity contribution in [3.63, 3.8) is 0 Å². The minimum absolute atomic E-state index is 0.0948. The van der Waals surface area contributed by atoms with E-state index in [1.54, 1.807) is 0 Å². The molecule has 0 aromatic carbocycles. The molecule has 0 aromatic rings. The molecule has 0 radical (unpaired) electrons. The SMILES string of the molecule is C=CC(=O)CCC(=C)CCN(Br)CC. The van der Waals surface area contributed by atoms with E-state index in [0.717, 1.165) is 31.5 Å². The number of hydrogen-bond donors (Lipinski definition) is 0. The number of carbonyl (C=O) groups is 1. The van der Waals surface area contributed by atoms with Crippen molar-refractivity contribution in [3.05, 3.63) is 24.8 Å². The Morgan fingerprint density at radius 1 is 1.43 bits per heavy atom. The van der Waals surface area contributed by atoms with E-state index in [1.807, 2.05) is 3.93 Å². The summed E-state index contributed by atoms with van der Waals surface area (Å²) in [4.78, 5) is 10.9.